The maximum Gasteiger partial charge on any atom is 0.304 e. The van der Waals surface area contributed by atoms with Crippen molar-refractivity contribution in [1.29, 1.82) is 0 Å². The monoisotopic (exact) mass is 293 g/mol. The summed E-state index contributed by atoms with van der Waals surface area (Å²) in [7, 11) is -2.27. The predicted molar refractivity (Wildman–Crippen MR) is 70.1 cm³/mol. The Morgan fingerprint density at radius 2 is 2.17 bits per heavy atom. The lowest BCUT2D eigenvalue weighted by Crippen LogP contribution is -2.34. The average Bonchev–Trinajstić information content (AvgIpc) is 2.70. The van der Waals surface area contributed by atoms with Gasteiger partial charge < -0.3 is 5.73 Å². The second-order valence-electron chi connectivity index (χ2n) is 3.85. The van der Waals surface area contributed by atoms with Gasteiger partial charge in [0.05, 0.1) is 4.92 Å². The molecule has 102 valence electrons. The van der Waals surface area contributed by atoms with E-state index in [1.165, 1.54) is 11.4 Å². The molecule has 0 bridgehead atoms. The van der Waals surface area contributed by atoms with Gasteiger partial charge in [-0.25, -0.2) is 8.42 Å². The van der Waals surface area contributed by atoms with Crippen LogP contribution in [0.2, 0.25) is 0 Å². The number of nitrogens with two attached hydrogens (primary N) is 1. The van der Waals surface area contributed by atoms with Crippen molar-refractivity contribution in [1.82, 2.24) is 4.31 Å². The SMILES string of the molecule is CCC(C)N(C)S(=O)(=O)c1cc([N+](=O)[O-])c(N)s1. The van der Waals surface area contributed by atoms with Crippen LogP contribution in [-0.2, 0) is 10.0 Å². The Labute approximate surface area is 109 Å². The first-order valence-corrected chi connectivity index (χ1v) is 7.49. The highest BCUT2D eigenvalue weighted by atomic mass is 32.2. The highest BCUT2D eigenvalue weighted by molar-refractivity contribution is 7.91. The van der Waals surface area contributed by atoms with Crippen LogP contribution in [0.3, 0.4) is 0 Å². The molecule has 0 aromatic carbocycles. The van der Waals surface area contributed by atoms with Crippen molar-refractivity contribution in [2.75, 3.05) is 12.8 Å². The number of hydrogen-bond donors (Lipinski definition) is 1. The van der Waals surface area contributed by atoms with E-state index in [-0.39, 0.29) is 20.9 Å². The fourth-order valence-electron chi connectivity index (χ4n) is 1.28. The van der Waals surface area contributed by atoms with E-state index in [1.54, 1.807) is 6.92 Å². The van der Waals surface area contributed by atoms with Crippen LogP contribution >= 0.6 is 11.3 Å². The quantitative estimate of drug-likeness (QED) is 0.656. The van der Waals surface area contributed by atoms with Gasteiger partial charge in [-0.2, -0.15) is 4.31 Å². The standard InChI is InChI=1S/C9H15N3O4S2/c1-4-6(2)11(3)18(15,16)8-5-7(12(13)14)9(10)17-8/h5-6H,4,10H2,1-3H3. The molecule has 7 nitrogen and oxygen atoms in total. The van der Waals surface area contributed by atoms with Crippen molar-refractivity contribution in [2.24, 2.45) is 0 Å². The summed E-state index contributed by atoms with van der Waals surface area (Å²) in [4.78, 5) is 9.96. The maximum atomic E-state index is 12.2. The van der Waals surface area contributed by atoms with E-state index in [1.807, 2.05) is 6.92 Å². The Kier molecular flexibility index (Phi) is 4.30. The number of nitrogen functional groups attached to an aromatic ring is 1. The van der Waals surface area contributed by atoms with E-state index in [0.717, 1.165) is 6.07 Å². The zero-order chi connectivity index (χ0) is 14.1. The molecule has 1 atom stereocenters. The number of thiophene rings is 1. The molecule has 0 amide bonds. The second-order valence-corrected chi connectivity index (χ2v) is 7.16. The Bertz CT molecular complexity index is 552. The van der Waals surface area contributed by atoms with Crippen molar-refractivity contribution in [3.05, 3.63) is 16.2 Å². The van der Waals surface area contributed by atoms with Crippen LogP contribution in [0.5, 0.6) is 0 Å². The molecule has 18 heavy (non-hydrogen) atoms. The van der Waals surface area contributed by atoms with Gasteiger partial charge in [0.25, 0.3) is 10.0 Å². The number of anilines is 1. The summed E-state index contributed by atoms with van der Waals surface area (Å²) in [5, 5.41) is 10.5. The van der Waals surface area contributed by atoms with Gasteiger partial charge >= 0.3 is 5.69 Å². The fraction of sp³-hybridized carbons (Fsp3) is 0.556. The molecule has 0 fully saturated rings. The molecule has 0 aliphatic heterocycles. The van der Waals surface area contributed by atoms with Gasteiger partial charge in [-0.05, 0) is 13.3 Å². The fourth-order valence-corrected chi connectivity index (χ4v) is 4.11. The lowest BCUT2D eigenvalue weighted by molar-refractivity contribution is -0.383. The summed E-state index contributed by atoms with van der Waals surface area (Å²) >= 11 is 0.712. The van der Waals surface area contributed by atoms with Gasteiger partial charge in [0.15, 0.2) is 5.00 Å². The van der Waals surface area contributed by atoms with Crippen molar-refractivity contribution in [3.8, 4) is 0 Å². The summed E-state index contributed by atoms with van der Waals surface area (Å²) in [6, 6.07) is 0.825. The minimum atomic E-state index is -3.72. The summed E-state index contributed by atoms with van der Waals surface area (Å²) in [5.74, 6) is 0. The van der Waals surface area contributed by atoms with Gasteiger partial charge in [-0.3, -0.25) is 10.1 Å². The minimum Gasteiger partial charge on any atom is -0.385 e. The van der Waals surface area contributed by atoms with Gasteiger partial charge in [0.2, 0.25) is 0 Å². The third kappa shape index (κ3) is 2.62. The zero-order valence-electron chi connectivity index (χ0n) is 10.3. The van der Waals surface area contributed by atoms with Gasteiger partial charge in [-0.1, -0.05) is 18.3 Å². The molecule has 2 N–H and O–H groups in total. The van der Waals surface area contributed by atoms with Crippen LogP contribution in [0, 0.1) is 10.1 Å². The van der Waals surface area contributed by atoms with Crippen molar-refractivity contribution in [2.45, 2.75) is 30.5 Å². The van der Waals surface area contributed by atoms with E-state index in [0.29, 0.717) is 17.8 Å². The average molecular weight is 293 g/mol. The Morgan fingerprint density at radius 1 is 1.61 bits per heavy atom. The maximum absolute atomic E-state index is 12.2. The number of nitrogens with zero attached hydrogens (tertiary/aromatic N) is 2. The lowest BCUT2D eigenvalue weighted by atomic mass is 10.3. The molecular weight excluding hydrogens is 278 g/mol. The third-order valence-corrected chi connectivity index (χ3v) is 6.13. The summed E-state index contributed by atoms with van der Waals surface area (Å²) in [5.41, 5.74) is 5.08. The summed E-state index contributed by atoms with van der Waals surface area (Å²) in [6.07, 6.45) is 0.651. The van der Waals surface area contributed by atoms with E-state index in [4.69, 9.17) is 5.73 Å². The number of sulfonamides is 1. The first kappa shape index (κ1) is 14.9. The molecule has 0 saturated heterocycles. The molecule has 0 saturated carbocycles. The number of hydrogen-bond acceptors (Lipinski definition) is 6. The Balaban J connectivity index is 3.21. The van der Waals surface area contributed by atoms with Crippen LogP contribution in [0.4, 0.5) is 10.7 Å². The van der Waals surface area contributed by atoms with E-state index < -0.39 is 14.9 Å². The molecular formula is C9H15N3O4S2. The van der Waals surface area contributed by atoms with Crippen LogP contribution in [-0.4, -0.2) is 30.7 Å². The largest absolute Gasteiger partial charge is 0.385 e. The zero-order valence-corrected chi connectivity index (χ0v) is 11.9. The number of nitro groups is 1. The molecule has 1 heterocycles. The van der Waals surface area contributed by atoms with Crippen molar-refractivity contribution in [3.63, 3.8) is 0 Å². The molecule has 0 radical (unpaired) electrons. The van der Waals surface area contributed by atoms with E-state index in [9.17, 15) is 18.5 Å². The first-order chi connectivity index (χ1) is 8.21. The van der Waals surface area contributed by atoms with Gasteiger partial charge in [0.1, 0.15) is 4.21 Å². The smallest absolute Gasteiger partial charge is 0.304 e. The molecule has 9 heteroatoms. The third-order valence-electron chi connectivity index (χ3n) is 2.76. The molecule has 1 aromatic rings. The van der Waals surface area contributed by atoms with Crippen LogP contribution in [0.25, 0.3) is 0 Å². The topological polar surface area (TPSA) is 107 Å². The van der Waals surface area contributed by atoms with Crippen LogP contribution < -0.4 is 5.73 Å². The highest BCUT2D eigenvalue weighted by Crippen LogP contribution is 2.35. The molecule has 1 aromatic heterocycles. The van der Waals surface area contributed by atoms with Crippen LogP contribution in [0.15, 0.2) is 10.3 Å². The summed E-state index contributed by atoms with van der Waals surface area (Å²) in [6.45, 7) is 3.63. The molecule has 1 rings (SSSR count). The molecule has 0 aliphatic rings. The normalized spacial score (nSPS) is 13.8. The van der Waals surface area contributed by atoms with E-state index in [2.05, 4.69) is 0 Å². The van der Waals surface area contributed by atoms with Crippen LogP contribution in [0.1, 0.15) is 20.3 Å². The van der Waals surface area contributed by atoms with Crippen molar-refractivity contribution >= 4 is 32.0 Å². The Hall–Kier alpha value is -1.19. The van der Waals surface area contributed by atoms with Crippen molar-refractivity contribution < 1.29 is 13.3 Å². The Morgan fingerprint density at radius 3 is 2.56 bits per heavy atom. The van der Waals surface area contributed by atoms with Gasteiger partial charge in [-0.15, -0.1) is 0 Å². The van der Waals surface area contributed by atoms with E-state index >= 15 is 0 Å². The molecule has 0 spiro atoms. The second kappa shape index (κ2) is 5.21. The van der Waals surface area contributed by atoms with Gasteiger partial charge in [0, 0.05) is 19.2 Å². The predicted octanol–water partition coefficient (Wildman–Crippen LogP) is 1.66. The molecule has 1 unspecified atom stereocenters. The first-order valence-electron chi connectivity index (χ1n) is 5.23. The molecule has 0 aliphatic carbocycles. The summed E-state index contributed by atoms with van der Waals surface area (Å²) < 4.78 is 25.5. The highest BCUT2D eigenvalue weighted by Gasteiger charge is 2.30. The lowest BCUT2D eigenvalue weighted by Gasteiger charge is -2.21. The number of rotatable bonds is 5. The minimum absolute atomic E-state index is 0.101.